The lowest BCUT2D eigenvalue weighted by molar-refractivity contribution is 0.886. The van der Waals surface area contributed by atoms with E-state index < -0.39 is 0 Å². The van der Waals surface area contributed by atoms with Gasteiger partial charge in [-0.2, -0.15) is 24.4 Å². The van der Waals surface area contributed by atoms with E-state index >= 15 is 0 Å². The summed E-state index contributed by atoms with van der Waals surface area (Å²) in [5.41, 5.74) is 0. The molecule has 0 aliphatic rings. The predicted octanol–water partition coefficient (Wildman–Crippen LogP) is 14.3. The molecule has 0 N–H and O–H groups in total. The van der Waals surface area contributed by atoms with Crippen LogP contribution in [0.25, 0.3) is 21.5 Å². The lowest BCUT2D eigenvalue weighted by Crippen LogP contribution is -1.67. The second-order valence-electron chi connectivity index (χ2n) is 7.20. The maximum absolute atomic E-state index is 4.76. The molecule has 0 aliphatic carbocycles. The van der Waals surface area contributed by atoms with Gasteiger partial charge in [0.15, 0.2) is 0 Å². The van der Waals surface area contributed by atoms with Gasteiger partial charge in [0.2, 0.25) is 0 Å². The van der Waals surface area contributed by atoms with Crippen LogP contribution in [0, 0.1) is 0 Å². The summed E-state index contributed by atoms with van der Waals surface area (Å²) >= 11 is 14.8. The van der Waals surface area contributed by atoms with Crippen LogP contribution < -0.4 is 0 Å². The molecule has 0 atom stereocenters. The summed E-state index contributed by atoms with van der Waals surface area (Å²) in [6.45, 7) is 16.7. The molecule has 0 unspecified atom stereocenters. The summed E-state index contributed by atoms with van der Waals surface area (Å²) in [4.78, 5) is 0. The number of fused-ring (bicyclic) bond motifs is 2. The minimum absolute atomic E-state index is 0.194. The first kappa shape index (κ1) is 48.4. The van der Waals surface area contributed by atoms with Gasteiger partial charge in [-0.3, -0.25) is 0 Å². The summed E-state index contributed by atoms with van der Waals surface area (Å²) in [5, 5.41) is 5.44. The summed E-state index contributed by atoms with van der Waals surface area (Å²) in [7, 11) is 0. The van der Waals surface area contributed by atoms with Crippen molar-refractivity contribution in [1.82, 2.24) is 0 Å². The van der Waals surface area contributed by atoms with Crippen LogP contribution in [-0.2, 0) is 0 Å². The topological polar surface area (TPSA) is 0 Å². The maximum Gasteiger partial charge on any atom is 0.0967 e. The molecule has 0 spiro atoms. The molecule has 0 nitrogen and oxygen atoms in total. The normalized spacial score (nSPS) is 7.85. The van der Waals surface area contributed by atoms with E-state index in [2.05, 4.69) is 137 Å². The van der Waals surface area contributed by atoms with Crippen LogP contribution in [0.15, 0.2) is 97.1 Å². The van der Waals surface area contributed by atoms with Gasteiger partial charge in [0, 0.05) is 0 Å². The van der Waals surface area contributed by atoms with Crippen LogP contribution in [-0.4, -0.2) is 24.1 Å². The molecule has 0 saturated carbocycles. The van der Waals surface area contributed by atoms with Crippen molar-refractivity contribution in [2.24, 2.45) is 0 Å². The Hall–Kier alpha value is -1.32. The Morgan fingerprint density at radius 2 is 0.550 bits per heavy atom. The number of rotatable bonds is 2. The van der Waals surface area contributed by atoms with Crippen molar-refractivity contribution in [3.63, 3.8) is 0 Å². The Balaban J connectivity index is -0.000000127. The van der Waals surface area contributed by atoms with E-state index in [1.54, 1.807) is 18.0 Å². The van der Waals surface area contributed by atoms with Crippen molar-refractivity contribution < 1.29 is 0 Å². The number of benzene rings is 4. The van der Waals surface area contributed by atoms with Gasteiger partial charge in [0.25, 0.3) is 0 Å². The van der Waals surface area contributed by atoms with Crippen LogP contribution in [0.4, 0.5) is 0 Å². The number of hydrogen-bond acceptors (Lipinski definition) is 2. The van der Waals surface area contributed by atoms with E-state index in [4.69, 9.17) is 23.2 Å². The van der Waals surface area contributed by atoms with E-state index in [0.29, 0.717) is 0 Å². The van der Waals surface area contributed by atoms with E-state index in [1.165, 1.54) is 47.2 Å². The maximum atomic E-state index is 4.76. The fraction of sp³-hybridized carbons (Fsp3) is 0.444. The lowest BCUT2D eigenvalue weighted by Gasteiger charge is -1.92. The Labute approximate surface area is 270 Å². The van der Waals surface area contributed by atoms with Crippen LogP contribution in [0.1, 0.15) is 81.1 Å². The molecule has 0 saturated heterocycles. The number of unbranched alkanes of at least 4 members (excludes halogenated alkanes) is 2. The molecule has 0 bridgehead atoms. The summed E-state index contributed by atoms with van der Waals surface area (Å²) < 4.78 is 0. The molecule has 0 heterocycles. The van der Waals surface area contributed by atoms with Crippen molar-refractivity contribution in [2.75, 3.05) is 24.1 Å². The monoisotopic (exact) mass is 626 g/mol. The summed E-state index contributed by atoms with van der Waals surface area (Å²) in [6.07, 6.45) is 11.1. The molecule has 230 valence electrons. The average Bonchev–Trinajstić information content (AvgIpc) is 3.05. The minimum atomic E-state index is 0.194. The van der Waals surface area contributed by atoms with Crippen molar-refractivity contribution in [3.8, 4) is 0 Å². The van der Waals surface area contributed by atoms with Gasteiger partial charge in [-0.25, -0.2) is 0 Å². The van der Waals surface area contributed by atoms with Crippen molar-refractivity contribution in [2.45, 2.75) is 81.1 Å². The number of thioether (sulfide) groups is 1. The van der Waals surface area contributed by atoms with E-state index in [-0.39, 0.29) is 5.34 Å². The average molecular weight is 628 g/mol. The highest BCUT2D eigenvalue weighted by atomic mass is 35.5. The summed E-state index contributed by atoms with van der Waals surface area (Å²) in [5.74, 6) is 0. The van der Waals surface area contributed by atoms with Gasteiger partial charge >= 0.3 is 0 Å². The van der Waals surface area contributed by atoms with Crippen molar-refractivity contribution >= 4 is 69.1 Å². The zero-order chi connectivity index (χ0) is 31.9. The van der Waals surface area contributed by atoms with Gasteiger partial charge < -0.3 is 0 Å². The van der Waals surface area contributed by atoms with Gasteiger partial charge in [-0.15, -0.1) is 23.2 Å². The Morgan fingerprint density at radius 3 is 0.625 bits per heavy atom. The second kappa shape index (κ2) is 47.5. The number of hydrogen-bond donors (Lipinski definition) is 1. The SMILES string of the molecule is CC.CC.CCCC.CCCC.CS.CSC.ClCCl.c1ccc2ccccc2c1.c1ccc2ccccc2c1. The van der Waals surface area contributed by atoms with Crippen LogP contribution in [0.5, 0.6) is 0 Å². The van der Waals surface area contributed by atoms with Gasteiger partial charge in [0.05, 0.1) is 5.34 Å². The van der Waals surface area contributed by atoms with Crippen LogP contribution in [0.2, 0.25) is 0 Å². The van der Waals surface area contributed by atoms with Gasteiger partial charge in [-0.05, 0) is 40.3 Å². The number of alkyl halides is 2. The van der Waals surface area contributed by atoms with Crippen molar-refractivity contribution in [3.05, 3.63) is 97.1 Å². The van der Waals surface area contributed by atoms with Crippen LogP contribution in [0.3, 0.4) is 0 Å². The zero-order valence-electron chi connectivity index (χ0n) is 27.4. The first-order valence-electron chi connectivity index (χ1n) is 14.4. The largest absolute Gasteiger partial charge is 0.183 e. The molecule has 4 aromatic rings. The van der Waals surface area contributed by atoms with Crippen LogP contribution >= 0.6 is 47.6 Å². The highest BCUT2D eigenvalue weighted by Gasteiger charge is 1.86. The summed E-state index contributed by atoms with van der Waals surface area (Å²) in [6, 6.07) is 33.4. The Morgan fingerprint density at radius 1 is 0.450 bits per heavy atom. The fourth-order valence-electron chi connectivity index (χ4n) is 2.27. The molecule has 0 fully saturated rings. The second-order valence-corrected chi connectivity index (χ2v) is 8.83. The van der Waals surface area contributed by atoms with Crippen molar-refractivity contribution in [1.29, 1.82) is 0 Å². The lowest BCUT2D eigenvalue weighted by atomic mass is 10.1. The smallest absolute Gasteiger partial charge is 0.0967 e. The zero-order valence-corrected chi connectivity index (χ0v) is 30.6. The quantitative estimate of drug-likeness (QED) is 0.170. The van der Waals surface area contributed by atoms with E-state index in [9.17, 15) is 0 Å². The highest BCUT2D eigenvalue weighted by Crippen LogP contribution is 2.12. The first-order chi connectivity index (χ1) is 19.6. The Kier molecular flexibility index (Phi) is 57.5. The molecule has 0 aliphatic heterocycles. The molecule has 4 heteroatoms. The predicted molar refractivity (Wildman–Crippen MR) is 203 cm³/mol. The Bertz CT molecular complexity index is 718. The molecule has 0 amide bonds. The molecular weight excluding hydrogens is 567 g/mol. The fourth-order valence-corrected chi connectivity index (χ4v) is 2.27. The molecule has 40 heavy (non-hydrogen) atoms. The molecule has 4 aromatic carbocycles. The molecule has 0 aromatic heterocycles. The molecular formula is C36H60Cl2S2. The van der Waals surface area contributed by atoms with Gasteiger partial charge in [-0.1, -0.05) is 178 Å². The number of thiol groups is 1. The third kappa shape index (κ3) is 34.7. The third-order valence-corrected chi connectivity index (χ3v) is 4.32. The molecule has 4 rings (SSSR count). The standard InChI is InChI=1S/2C10H8.2C4H10.C2H6S.2C2H6.CH2Cl2.CH4S/c2*1-2-6-10-8-4-3-7-9(10)5-1;2*1-3-4-2;1-3-2;2*1-2;2-1-3;1-2/h2*1-8H;2*3-4H2,1-2H3;1-2H3;2*1-2H3;1H2;2H,1H3. The highest BCUT2D eigenvalue weighted by molar-refractivity contribution is 7.97. The number of halogens is 2. The van der Waals surface area contributed by atoms with E-state index in [0.717, 1.165) is 0 Å². The molecule has 0 radical (unpaired) electrons. The third-order valence-electron chi connectivity index (χ3n) is 4.32. The first-order valence-corrected chi connectivity index (χ1v) is 18.0. The van der Waals surface area contributed by atoms with E-state index in [1.807, 2.05) is 40.2 Å². The van der Waals surface area contributed by atoms with Gasteiger partial charge in [0.1, 0.15) is 0 Å². The minimum Gasteiger partial charge on any atom is -0.183 e.